The molecule has 0 unspecified atom stereocenters. The zero-order chi connectivity index (χ0) is 29.8. The SMILES string of the molecule is COCCn1c(Cc2cc(F)c(-c3cccc(OCc4ccc(Cl)cc4F)n3)cc2F)nc2ccc(C(=O)OC)cc21. The summed E-state index contributed by atoms with van der Waals surface area (Å²) >= 11 is 5.79. The topological polar surface area (TPSA) is 75.5 Å². The van der Waals surface area contributed by atoms with Gasteiger partial charge < -0.3 is 18.8 Å². The van der Waals surface area contributed by atoms with Crippen LogP contribution in [0.4, 0.5) is 13.2 Å². The fraction of sp³-hybridized carbons (Fsp3) is 0.194. The van der Waals surface area contributed by atoms with Gasteiger partial charge in [0.25, 0.3) is 0 Å². The van der Waals surface area contributed by atoms with Gasteiger partial charge in [0.05, 0.1) is 36.0 Å². The first-order valence-corrected chi connectivity index (χ1v) is 13.2. The summed E-state index contributed by atoms with van der Waals surface area (Å²) in [6.45, 7) is 0.595. The summed E-state index contributed by atoms with van der Waals surface area (Å²) in [7, 11) is 2.85. The molecule has 0 fully saturated rings. The van der Waals surface area contributed by atoms with Crippen molar-refractivity contribution >= 4 is 28.6 Å². The average Bonchev–Trinajstić information content (AvgIpc) is 3.32. The largest absolute Gasteiger partial charge is 0.473 e. The van der Waals surface area contributed by atoms with Crippen LogP contribution in [0.1, 0.15) is 27.3 Å². The molecule has 0 saturated carbocycles. The lowest BCUT2D eigenvalue weighted by Gasteiger charge is -2.12. The van der Waals surface area contributed by atoms with Crippen molar-refractivity contribution < 1.29 is 32.2 Å². The van der Waals surface area contributed by atoms with Crippen LogP contribution in [0.25, 0.3) is 22.3 Å². The van der Waals surface area contributed by atoms with Crippen LogP contribution in [0.5, 0.6) is 5.88 Å². The van der Waals surface area contributed by atoms with E-state index in [2.05, 4.69) is 9.97 Å². The van der Waals surface area contributed by atoms with Gasteiger partial charge in [-0.2, -0.15) is 0 Å². The molecule has 42 heavy (non-hydrogen) atoms. The second kappa shape index (κ2) is 12.6. The molecule has 0 aliphatic carbocycles. The van der Waals surface area contributed by atoms with E-state index in [1.807, 2.05) is 4.57 Å². The summed E-state index contributed by atoms with van der Waals surface area (Å²) in [5.74, 6) is -1.78. The summed E-state index contributed by atoms with van der Waals surface area (Å²) < 4.78 is 62.3. The molecule has 7 nitrogen and oxygen atoms in total. The van der Waals surface area contributed by atoms with Gasteiger partial charge in [0, 0.05) is 42.3 Å². The maximum atomic E-state index is 15.4. The highest BCUT2D eigenvalue weighted by Gasteiger charge is 2.19. The first-order valence-electron chi connectivity index (χ1n) is 12.9. The maximum absolute atomic E-state index is 15.4. The van der Waals surface area contributed by atoms with Crippen molar-refractivity contribution in [2.45, 2.75) is 19.6 Å². The number of imidazole rings is 1. The van der Waals surface area contributed by atoms with Gasteiger partial charge in [0.1, 0.15) is 29.9 Å². The average molecular weight is 596 g/mol. The van der Waals surface area contributed by atoms with Crippen LogP contribution in [-0.2, 0) is 29.0 Å². The number of halogens is 4. The molecule has 0 aliphatic heterocycles. The Morgan fingerprint density at radius 2 is 1.71 bits per heavy atom. The Morgan fingerprint density at radius 1 is 0.905 bits per heavy atom. The molecule has 0 atom stereocenters. The Hall–Kier alpha value is -4.41. The lowest BCUT2D eigenvalue weighted by Crippen LogP contribution is -2.10. The predicted molar refractivity (Wildman–Crippen MR) is 151 cm³/mol. The summed E-state index contributed by atoms with van der Waals surface area (Å²) in [6.07, 6.45) is -0.0157. The molecular weight excluding hydrogens is 571 g/mol. The Morgan fingerprint density at radius 3 is 2.48 bits per heavy atom. The molecule has 0 saturated heterocycles. The van der Waals surface area contributed by atoms with Crippen LogP contribution in [0, 0.1) is 17.5 Å². The molecule has 5 rings (SSSR count). The van der Waals surface area contributed by atoms with Gasteiger partial charge in [0.15, 0.2) is 0 Å². The zero-order valence-electron chi connectivity index (χ0n) is 22.7. The number of esters is 1. The van der Waals surface area contributed by atoms with E-state index in [1.54, 1.807) is 37.4 Å². The van der Waals surface area contributed by atoms with Crippen molar-refractivity contribution in [3.8, 4) is 17.1 Å². The third kappa shape index (κ3) is 6.24. The normalized spacial score (nSPS) is 11.2. The Kier molecular flexibility index (Phi) is 8.75. The van der Waals surface area contributed by atoms with Gasteiger partial charge in [0.2, 0.25) is 5.88 Å². The molecule has 0 radical (unpaired) electrons. The standard InChI is InChI=1S/C31H25ClF3N3O4/c1-40-11-10-38-28-13-18(31(39)41-2)7-9-27(28)36-29(38)14-20-12-25(35)22(16-24(20)34)26-4-3-5-30(37-26)42-17-19-6-8-21(32)15-23(19)33/h3-9,12-13,15-16H,10-11,14,17H2,1-2H3. The Balaban J connectivity index is 1.41. The van der Waals surface area contributed by atoms with E-state index < -0.39 is 23.4 Å². The van der Waals surface area contributed by atoms with Crippen molar-refractivity contribution in [1.82, 2.24) is 14.5 Å². The molecule has 3 aromatic carbocycles. The van der Waals surface area contributed by atoms with Crippen molar-refractivity contribution in [3.05, 3.63) is 112 Å². The van der Waals surface area contributed by atoms with E-state index >= 15 is 8.78 Å². The number of fused-ring (bicyclic) bond motifs is 1. The number of carbonyl (C=O) groups is 1. The molecule has 2 aromatic heterocycles. The minimum atomic E-state index is -0.688. The second-order valence-electron chi connectivity index (χ2n) is 9.35. The first kappa shape index (κ1) is 29.1. The molecular formula is C31H25ClF3N3O4. The third-order valence-electron chi connectivity index (χ3n) is 6.64. The van der Waals surface area contributed by atoms with Gasteiger partial charge in [-0.15, -0.1) is 0 Å². The highest BCUT2D eigenvalue weighted by Crippen LogP contribution is 2.28. The smallest absolute Gasteiger partial charge is 0.337 e. The van der Waals surface area contributed by atoms with Crippen molar-refractivity contribution in [2.24, 2.45) is 0 Å². The molecule has 0 bridgehead atoms. The number of hydrogen-bond donors (Lipinski definition) is 0. The van der Waals surface area contributed by atoms with Gasteiger partial charge in [-0.3, -0.25) is 0 Å². The lowest BCUT2D eigenvalue weighted by atomic mass is 10.0. The predicted octanol–water partition coefficient (Wildman–Crippen LogP) is 6.77. The minimum absolute atomic E-state index is 0.0157. The third-order valence-corrected chi connectivity index (χ3v) is 6.88. The van der Waals surface area contributed by atoms with E-state index in [-0.39, 0.29) is 46.3 Å². The number of benzene rings is 3. The van der Waals surface area contributed by atoms with Crippen LogP contribution in [0.3, 0.4) is 0 Å². The van der Waals surface area contributed by atoms with Crippen LogP contribution >= 0.6 is 11.6 Å². The molecule has 216 valence electrons. The van der Waals surface area contributed by atoms with Crippen LogP contribution in [-0.4, -0.2) is 41.3 Å². The van der Waals surface area contributed by atoms with E-state index in [0.29, 0.717) is 35.6 Å². The summed E-state index contributed by atoms with van der Waals surface area (Å²) in [5, 5.41) is 0.261. The summed E-state index contributed by atoms with van der Waals surface area (Å²) in [6, 6.07) is 16.0. The lowest BCUT2D eigenvalue weighted by molar-refractivity contribution is 0.0601. The number of ether oxygens (including phenoxy) is 3. The summed E-state index contributed by atoms with van der Waals surface area (Å²) in [5.41, 5.74) is 2.02. The van der Waals surface area contributed by atoms with Gasteiger partial charge in [-0.1, -0.05) is 23.7 Å². The number of nitrogens with zero attached hydrogens (tertiary/aromatic N) is 3. The van der Waals surface area contributed by atoms with Crippen LogP contribution in [0.2, 0.25) is 5.02 Å². The number of aromatic nitrogens is 3. The molecule has 0 aliphatic rings. The number of rotatable bonds is 10. The van der Waals surface area contributed by atoms with Gasteiger partial charge in [-0.25, -0.2) is 27.9 Å². The second-order valence-corrected chi connectivity index (χ2v) is 9.79. The van der Waals surface area contributed by atoms with Crippen LogP contribution in [0.15, 0.2) is 66.7 Å². The van der Waals surface area contributed by atoms with Crippen molar-refractivity contribution in [3.63, 3.8) is 0 Å². The monoisotopic (exact) mass is 595 g/mol. The molecule has 5 aromatic rings. The number of hydrogen-bond acceptors (Lipinski definition) is 6. The van der Waals surface area contributed by atoms with E-state index in [1.165, 1.54) is 31.4 Å². The van der Waals surface area contributed by atoms with E-state index in [0.717, 1.165) is 12.1 Å². The first-order chi connectivity index (χ1) is 20.3. The van der Waals surface area contributed by atoms with Gasteiger partial charge >= 0.3 is 5.97 Å². The van der Waals surface area contributed by atoms with Gasteiger partial charge in [-0.05, 0) is 54.1 Å². The fourth-order valence-corrected chi connectivity index (χ4v) is 4.67. The molecule has 2 heterocycles. The highest BCUT2D eigenvalue weighted by molar-refractivity contribution is 6.30. The number of pyridine rings is 1. The molecule has 0 N–H and O–H groups in total. The number of methoxy groups -OCH3 is 2. The zero-order valence-corrected chi connectivity index (χ0v) is 23.4. The maximum Gasteiger partial charge on any atom is 0.337 e. The molecule has 0 spiro atoms. The minimum Gasteiger partial charge on any atom is -0.473 e. The Labute approximate surface area is 244 Å². The van der Waals surface area contributed by atoms with E-state index in [9.17, 15) is 9.18 Å². The quantitative estimate of drug-likeness (QED) is 0.166. The van der Waals surface area contributed by atoms with E-state index in [4.69, 9.17) is 25.8 Å². The van der Waals surface area contributed by atoms with Crippen molar-refractivity contribution in [2.75, 3.05) is 20.8 Å². The molecule has 0 amide bonds. The number of carbonyl (C=O) groups excluding carboxylic acids is 1. The van der Waals surface area contributed by atoms with Crippen molar-refractivity contribution in [1.29, 1.82) is 0 Å². The molecule has 11 heteroatoms. The highest BCUT2D eigenvalue weighted by atomic mass is 35.5. The Bertz CT molecular complexity index is 1780. The fourth-order valence-electron chi connectivity index (χ4n) is 4.51. The summed E-state index contributed by atoms with van der Waals surface area (Å²) in [4.78, 5) is 20.9. The van der Waals surface area contributed by atoms with Crippen LogP contribution < -0.4 is 4.74 Å².